The molecule has 0 aliphatic rings. The van der Waals surface area contributed by atoms with Crippen LogP contribution in [0.25, 0.3) is 0 Å². The summed E-state index contributed by atoms with van der Waals surface area (Å²) in [6, 6.07) is 0. The van der Waals surface area contributed by atoms with Gasteiger partial charge in [-0.2, -0.15) is 0 Å². The van der Waals surface area contributed by atoms with E-state index in [1.165, 1.54) is 193 Å². The van der Waals surface area contributed by atoms with Gasteiger partial charge in [0.05, 0.1) is 39.6 Å². The third kappa shape index (κ3) is 68.0. The zero-order valence-corrected chi connectivity index (χ0v) is 52.5. The number of unbranched alkanes of at least 4 members (excludes halogenated alkanes) is 30. The third-order valence-electron chi connectivity index (χ3n) is 10.5. The normalized spacial score (nSPS) is 11.8. The maximum absolute atomic E-state index is 5.60. The van der Waals surface area contributed by atoms with E-state index in [2.05, 4.69) is 41.5 Å². The van der Waals surface area contributed by atoms with E-state index in [-0.39, 0.29) is 24.4 Å². The van der Waals surface area contributed by atoms with Crippen molar-refractivity contribution in [2.75, 3.05) is 39.6 Å². The van der Waals surface area contributed by atoms with E-state index in [0.29, 0.717) is 39.6 Å². The van der Waals surface area contributed by atoms with Gasteiger partial charge in [0.15, 0.2) is 0 Å². The molecule has 0 heterocycles. The van der Waals surface area contributed by atoms with Gasteiger partial charge in [-0.1, -0.05) is 234 Å². The fraction of sp³-hybridized carbons (Fsp3) is 1.00. The quantitative estimate of drug-likeness (QED) is 0.0252. The fourth-order valence-corrected chi connectivity index (χ4v) is 11.5. The molecule has 0 fully saturated rings. The van der Waals surface area contributed by atoms with Crippen LogP contribution in [-0.2, 0) is 101 Å². The Morgan fingerprint density at radius 2 is 0.312 bits per heavy atom. The molecule has 16 heteroatoms. The van der Waals surface area contributed by atoms with Gasteiger partial charge in [-0.05, 0) is 38.5 Å². The molecule has 0 aromatic rings. The van der Waals surface area contributed by atoms with Gasteiger partial charge in [-0.15, -0.1) is 0 Å². The molecule has 386 valence electrons. The largest absolute Gasteiger partial charge is 3.00 e. The molecule has 0 unspecified atom stereocenters. The van der Waals surface area contributed by atoms with E-state index in [4.69, 9.17) is 101 Å². The zero-order chi connectivity index (χ0) is 47.4. The second kappa shape index (κ2) is 59.5. The van der Waals surface area contributed by atoms with Gasteiger partial charge in [0, 0.05) is 18.4 Å². The second-order valence-corrected chi connectivity index (χ2v) is 31.9. The average Bonchev–Trinajstić information content (AvgIpc) is 3.25. The molecule has 0 N–H and O–H groups in total. The van der Waals surface area contributed by atoms with Crippen molar-refractivity contribution in [2.45, 2.75) is 273 Å². The van der Waals surface area contributed by atoms with E-state index < -0.39 is 18.4 Å². The van der Waals surface area contributed by atoms with Crippen LogP contribution in [0, 0.1) is 0 Å². The minimum Gasteiger partial charge on any atom is -0.516 e. The third-order valence-corrected chi connectivity index (χ3v) is 17.3. The summed E-state index contributed by atoms with van der Waals surface area (Å²) < 4.78 is 33.6. The Kier molecular flexibility index (Phi) is 69.3. The Labute approximate surface area is 451 Å². The Hall–Kier alpha value is 3.97. The summed E-state index contributed by atoms with van der Waals surface area (Å²) >= 11 is 31.6. The first-order chi connectivity index (χ1) is 30.4. The van der Waals surface area contributed by atoms with Crippen molar-refractivity contribution in [2.24, 2.45) is 0 Å². The minimum absolute atomic E-state index is 0. The smallest absolute Gasteiger partial charge is 0.516 e. The van der Waals surface area contributed by atoms with Crippen molar-refractivity contribution in [1.82, 2.24) is 0 Å². The van der Waals surface area contributed by atoms with Crippen LogP contribution in [0.3, 0.4) is 0 Å². The van der Waals surface area contributed by atoms with Crippen molar-refractivity contribution in [3.63, 3.8) is 0 Å². The number of rotatable bonds is 48. The van der Waals surface area contributed by atoms with Gasteiger partial charge >= 0.3 is 24.4 Å². The van der Waals surface area contributed by atoms with E-state index in [9.17, 15) is 0 Å². The topological polar surface area (TPSA) is 55.4 Å². The Balaban J connectivity index is -0.000000419. The van der Waals surface area contributed by atoms with E-state index in [1.807, 2.05) is 0 Å². The molecule has 6 nitrogen and oxygen atoms in total. The van der Waals surface area contributed by atoms with Gasteiger partial charge in [0.25, 0.3) is 0 Å². The van der Waals surface area contributed by atoms with Crippen molar-refractivity contribution >= 4 is 116 Å². The van der Waals surface area contributed by atoms with Crippen molar-refractivity contribution in [3.8, 4) is 0 Å². The first-order valence-corrected chi connectivity index (χ1v) is 37.1. The average molecular weight is 1180 g/mol. The molecule has 0 aromatic heterocycles. The van der Waals surface area contributed by atoms with Gasteiger partial charge in [-0.25, -0.2) is 0 Å². The van der Waals surface area contributed by atoms with Crippen LogP contribution in [0.2, 0.25) is 0 Å². The molecule has 64 heavy (non-hydrogen) atoms. The Bertz CT molecular complexity index is 701. The van der Waals surface area contributed by atoms with Crippen LogP contribution in [0.15, 0.2) is 0 Å². The minimum atomic E-state index is -2.40. The van der Waals surface area contributed by atoms with Crippen molar-refractivity contribution in [3.05, 3.63) is 0 Å². The van der Waals surface area contributed by atoms with Crippen LogP contribution in [0.4, 0.5) is 0 Å². The molecule has 0 aromatic carbocycles. The standard InChI is InChI=1S/3C16H35O2PS2.Sb/c3*1-3-5-7-9-11-13-15-17-19(20,21)18-16-14-12-10-8-6-4-2;/h3*3-16H2,1-2H3,(H,20,21);/q;;;+3/p-3. The molecule has 0 saturated carbocycles. The molecule has 0 aliphatic heterocycles. The fourth-order valence-electron chi connectivity index (χ4n) is 6.46. The molecule has 0 bridgehead atoms. The molecule has 0 amide bonds. The van der Waals surface area contributed by atoms with E-state index in [0.717, 1.165) is 38.5 Å². The van der Waals surface area contributed by atoms with Crippen LogP contribution in [0.1, 0.15) is 273 Å². The summed E-state index contributed by atoms with van der Waals surface area (Å²) in [6.45, 7) is 17.4. The summed E-state index contributed by atoms with van der Waals surface area (Å²) in [6.07, 6.45) is 37.8. The molecule has 0 rings (SSSR count). The number of hydrogen-bond donors (Lipinski definition) is 0. The molecular formula is C48H102O6P3S6Sb. The van der Waals surface area contributed by atoms with Crippen LogP contribution in [-0.4, -0.2) is 64.1 Å². The predicted molar refractivity (Wildman–Crippen MR) is 307 cm³/mol. The summed E-state index contributed by atoms with van der Waals surface area (Å²) in [4.78, 5) is 0. The van der Waals surface area contributed by atoms with Crippen molar-refractivity contribution < 1.29 is 27.1 Å². The summed E-state index contributed by atoms with van der Waals surface area (Å²) in [7, 11) is 0. The molecule has 0 saturated heterocycles. The summed E-state index contributed by atoms with van der Waals surface area (Å²) in [5, 5.41) is 0. The monoisotopic (exact) mass is 1180 g/mol. The number of hydrogen-bond acceptors (Lipinski definition) is 12. The van der Waals surface area contributed by atoms with Gasteiger partial charge < -0.3 is 73.5 Å². The van der Waals surface area contributed by atoms with Gasteiger partial charge in [0.1, 0.15) is 0 Å². The SMILES string of the molecule is CCCCCCCCO[P+]([S-])([S-])OCCCCCCCC.CCCCCCCCO[P+]([S-])([S-])OCCCCCCCC.CCCCCCCCO[P+]([S-])([S-])OCCCCCCCC.[Sb+3]. The Morgan fingerprint density at radius 3 is 0.438 bits per heavy atom. The molecular weight excluding hydrogens is 1080 g/mol. The Morgan fingerprint density at radius 1 is 0.203 bits per heavy atom. The van der Waals surface area contributed by atoms with E-state index >= 15 is 0 Å². The van der Waals surface area contributed by atoms with Gasteiger partial charge in [0.2, 0.25) is 0 Å². The van der Waals surface area contributed by atoms with E-state index in [1.54, 1.807) is 0 Å². The first kappa shape index (κ1) is 74.5. The second-order valence-electron chi connectivity index (χ2n) is 16.9. The maximum Gasteiger partial charge on any atom is 3.00 e. The molecule has 2 radical (unpaired) electrons. The van der Waals surface area contributed by atoms with Crippen molar-refractivity contribution in [1.29, 1.82) is 0 Å². The summed E-state index contributed by atoms with van der Waals surface area (Å²) in [5.74, 6) is 0. The first-order valence-electron chi connectivity index (χ1n) is 26.2. The molecule has 0 atom stereocenters. The van der Waals surface area contributed by atoms with Gasteiger partial charge in [-0.3, -0.25) is 27.1 Å². The van der Waals surface area contributed by atoms with Crippen LogP contribution < -0.4 is 0 Å². The zero-order valence-electron chi connectivity index (χ0n) is 42.4. The predicted octanol–water partition coefficient (Wildman–Crippen LogP) is 19.2. The molecule has 0 aliphatic carbocycles. The maximum atomic E-state index is 5.60. The molecule has 0 spiro atoms. The summed E-state index contributed by atoms with van der Waals surface area (Å²) in [5.41, 5.74) is 0. The van der Waals surface area contributed by atoms with Crippen LogP contribution >= 0.6 is 18.4 Å². The van der Waals surface area contributed by atoms with Crippen LogP contribution in [0.5, 0.6) is 0 Å².